The van der Waals surface area contributed by atoms with Crippen molar-refractivity contribution in [2.24, 2.45) is 0 Å². The van der Waals surface area contributed by atoms with Crippen LogP contribution in [0.4, 0.5) is 0 Å². The van der Waals surface area contributed by atoms with Crippen molar-refractivity contribution in [1.29, 1.82) is 0 Å². The van der Waals surface area contributed by atoms with Gasteiger partial charge in [0.15, 0.2) is 0 Å². The largest absolute Gasteiger partial charge is 0.382 e. The highest BCUT2D eigenvalue weighted by Crippen LogP contribution is 2.09. The van der Waals surface area contributed by atoms with Gasteiger partial charge < -0.3 is 10.1 Å². The molecule has 3 nitrogen and oxygen atoms in total. The van der Waals surface area contributed by atoms with Crippen molar-refractivity contribution in [3.8, 4) is 0 Å². The summed E-state index contributed by atoms with van der Waals surface area (Å²) in [6.07, 6.45) is 4.75. The maximum absolute atomic E-state index is 5.27. The first kappa shape index (κ1) is 12.1. The lowest BCUT2D eigenvalue weighted by Gasteiger charge is -2.13. The SMILES string of the molecule is CCOCCCNC(C)c1cccnc1. The highest BCUT2D eigenvalue weighted by molar-refractivity contribution is 5.12. The highest BCUT2D eigenvalue weighted by atomic mass is 16.5. The molecule has 0 saturated heterocycles. The zero-order chi connectivity index (χ0) is 10.9. The molecular weight excluding hydrogens is 188 g/mol. The third-order valence-corrected chi connectivity index (χ3v) is 2.30. The van der Waals surface area contributed by atoms with Crippen LogP contribution in [-0.4, -0.2) is 24.7 Å². The molecule has 0 saturated carbocycles. The average Bonchev–Trinajstić information content (AvgIpc) is 2.30. The third-order valence-electron chi connectivity index (χ3n) is 2.30. The van der Waals surface area contributed by atoms with Gasteiger partial charge in [0.25, 0.3) is 0 Å². The Morgan fingerprint density at radius 1 is 1.53 bits per heavy atom. The van der Waals surface area contributed by atoms with Crippen molar-refractivity contribution in [2.75, 3.05) is 19.8 Å². The van der Waals surface area contributed by atoms with Crippen LogP contribution in [0.5, 0.6) is 0 Å². The molecule has 0 fully saturated rings. The van der Waals surface area contributed by atoms with Gasteiger partial charge in [0.2, 0.25) is 0 Å². The zero-order valence-electron chi connectivity index (χ0n) is 9.57. The highest BCUT2D eigenvalue weighted by Gasteiger charge is 2.02. The van der Waals surface area contributed by atoms with Crippen molar-refractivity contribution in [2.45, 2.75) is 26.3 Å². The molecule has 15 heavy (non-hydrogen) atoms. The van der Waals surface area contributed by atoms with Crippen LogP contribution >= 0.6 is 0 Å². The summed E-state index contributed by atoms with van der Waals surface area (Å²) >= 11 is 0. The first-order chi connectivity index (χ1) is 7.34. The summed E-state index contributed by atoms with van der Waals surface area (Å²) in [6.45, 7) is 6.79. The Kier molecular flexibility index (Phi) is 5.97. The predicted molar refractivity (Wildman–Crippen MR) is 61.8 cm³/mol. The molecule has 0 spiro atoms. The van der Waals surface area contributed by atoms with Gasteiger partial charge in [0, 0.05) is 31.6 Å². The summed E-state index contributed by atoms with van der Waals surface area (Å²) in [6, 6.07) is 4.42. The minimum Gasteiger partial charge on any atom is -0.382 e. The van der Waals surface area contributed by atoms with Crippen LogP contribution in [0.2, 0.25) is 0 Å². The molecule has 1 heterocycles. The van der Waals surface area contributed by atoms with Crippen LogP contribution in [0.1, 0.15) is 31.9 Å². The molecule has 0 radical (unpaired) electrons. The number of nitrogens with one attached hydrogen (secondary N) is 1. The number of rotatable bonds is 7. The summed E-state index contributed by atoms with van der Waals surface area (Å²) in [5.74, 6) is 0. The summed E-state index contributed by atoms with van der Waals surface area (Å²) < 4.78 is 5.27. The van der Waals surface area contributed by atoms with E-state index in [1.165, 1.54) is 5.56 Å². The van der Waals surface area contributed by atoms with Crippen LogP contribution in [0, 0.1) is 0 Å². The summed E-state index contributed by atoms with van der Waals surface area (Å²) in [4.78, 5) is 4.10. The molecular formula is C12H20N2O. The van der Waals surface area contributed by atoms with Gasteiger partial charge in [-0.3, -0.25) is 4.98 Å². The fraction of sp³-hybridized carbons (Fsp3) is 0.583. The van der Waals surface area contributed by atoms with E-state index in [1.807, 2.05) is 19.2 Å². The normalized spacial score (nSPS) is 12.7. The molecule has 1 aromatic rings. The van der Waals surface area contributed by atoms with E-state index in [-0.39, 0.29) is 0 Å². The summed E-state index contributed by atoms with van der Waals surface area (Å²) in [5.41, 5.74) is 1.23. The third kappa shape index (κ3) is 4.91. The first-order valence-corrected chi connectivity index (χ1v) is 5.55. The minimum absolute atomic E-state index is 0.361. The van der Waals surface area contributed by atoms with Crippen LogP contribution in [-0.2, 0) is 4.74 Å². The molecule has 1 N–H and O–H groups in total. The van der Waals surface area contributed by atoms with E-state index in [0.717, 1.165) is 26.2 Å². The molecule has 1 rings (SSSR count). The van der Waals surface area contributed by atoms with E-state index >= 15 is 0 Å². The number of pyridine rings is 1. The van der Waals surface area contributed by atoms with E-state index in [0.29, 0.717) is 6.04 Å². The van der Waals surface area contributed by atoms with Crippen molar-refractivity contribution < 1.29 is 4.74 Å². The van der Waals surface area contributed by atoms with Gasteiger partial charge in [-0.25, -0.2) is 0 Å². The van der Waals surface area contributed by atoms with Crippen LogP contribution < -0.4 is 5.32 Å². The van der Waals surface area contributed by atoms with Gasteiger partial charge in [-0.1, -0.05) is 6.07 Å². The maximum atomic E-state index is 5.27. The number of ether oxygens (including phenoxy) is 1. The van der Waals surface area contributed by atoms with E-state index < -0.39 is 0 Å². The summed E-state index contributed by atoms with van der Waals surface area (Å²) in [5, 5.41) is 3.44. The van der Waals surface area contributed by atoms with Gasteiger partial charge in [-0.15, -0.1) is 0 Å². The Bertz CT molecular complexity index is 251. The molecule has 0 aromatic carbocycles. The van der Waals surface area contributed by atoms with Crippen LogP contribution in [0.3, 0.4) is 0 Å². The lowest BCUT2D eigenvalue weighted by Crippen LogP contribution is -2.21. The molecule has 3 heteroatoms. The fourth-order valence-corrected chi connectivity index (χ4v) is 1.39. The van der Waals surface area contributed by atoms with Crippen molar-refractivity contribution in [3.05, 3.63) is 30.1 Å². The Hall–Kier alpha value is -0.930. The monoisotopic (exact) mass is 208 g/mol. The molecule has 0 aliphatic heterocycles. The number of aromatic nitrogens is 1. The fourth-order valence-electron chi connectivity index (χ4n) is 1.39. The van der Waals surface area contributed by atoms with Gasteiger partial charge in [0.05, 0.1) is 0 Å². The second-order valence-electron chi connectivity index (χ2n) is 3.51. The molecule has 84 valence electrons. The van der Waals surface area contributed by atoms with Crippen molar-refractivity contribution in [3.63, 3.8) is 0 Å². The number of hydrogen-bond acceptors (Lipinski definition) is 3. The van der Waals surface area contributed by atoms with E-state index in [1.54, 1.807) is 6.20 Å². The maximum Gasteiger partial charge on any atom is 0.0477 e. The van der Waals surface area contributed by atoms with E-state index in [9.17, 15) is 0 Å². The quantitative estimate of drug-likeness (QED) is 0.697. The van der Waals surface area contributed by atoms with Crippen molar-refractivity contribution >= 4 is 0 Å². The first-order valence-electron chi connectivity index (χ1n) is 5.55. The molecule has 0 aliphatic rings. The Morgan fingerprint density at radius 3 is 3.07 bits per heavy atom. The average molecular weight is 208 g/mol. The van der Waals surface area contributed by atoms with Crippen LogP contribution in [0.25, 0.3) is 0 Å². The molecule has 1 aromatic heterocycles. The molecule has 0 bridgehead atoms. The minimum atomic E-state index is 0.361. The van der Waals surface area contributed by atoms with Gasteiger partial charge >= 0.3 is 0 Å². The second-order valence-corrected chi connectivity index (χ2v) is 3.51. The van der Waals surface area contributed by atoms with Gasteiger partial charge in [0.1, 0.15) is 0 Å². The number of hydrogen-bond donors (Lipinski definition) is 1. The molecule has 1 unspecified atom stereocenters. The molecule has 1 atom stereocenters. The lowest BCUT2D eigenvalue weighted by molar-refractivity contribution is 0.144. The number of nitrogens with zero attached hydrogens (tertiary/aromatic N) is 1. The smallest absolute Gasteiger partial charge is 0.0477 e. The predicted octanol–water partition coefficient (Wildman–Crippen LogP) is 2.16. The molecule has 0 aliphatic carbocycles. The van der Waals surface area contributed by atoms with Crippen LogP contribution in [0.15, 0.2) is 24.5 Å². The lowest BCUT2D eigenvalue weighted by atomic mass is 10.1. The van der Waals surface area contributed by atoms with Crippen molar-refractivity contribution in [1.82, 2.24) is 10.3 Å². The molecule has 0 amide bonds. The van der Waals surface area contributed by atoms with Gasteiger partial charge in [-0.05, 0) is 38.4 Å². The van der Waals surface area contributed by atoms with E-state index in [2.05, 4.69) is 23.3 Å². The Labute approximate surface area is 91.9 Å². The Balaban J connectivity index is 2.16. The van der Waals surface area contributed by atoms with E-state index in [4.69, 9.17) is 4.74 Å². The second kappa shape index (κ2) is 7.37. The Morgan fingerprint density at radius 2 is 2.40 bits per heavy atom. The van der Waals surface area contributed by atoms with Gasteiger partial charge in [-0.2, -0.15) is 0 Å². The summed E-state index contributed by atoms with van der Waals surface area (Å²) in [7, 11) is 0. The topological polar surface area (TPSA) is 34.1 Å². The zero-order valence-corrected chi connectivity index (χ0v) is 9.57. The standard InChI is InChI=1S/C12H20N2O/c1-3-15-9-5-8-14-11(2)12-6-4-7-13-10-12/h4,6-7,10-11,14H,3,5,8-9H2,1-2H3.